The Bertz CT molecular complexity index is 954. The summed E-state index contributed by atoms with van der Waals surface area (Å²) in [6.45, 7) is 3.42. The summed E-state index contributed by atoms with van der Waals surface area (Å²) in [6, 6.07) is 4.70. The largest absolute Gasteiger partial charge is 0.339 e. The molecule has 1 amide bonds. The van der Waals surface area contributed by atoms with Gasteiger partial charge in [0.05, 0.1) is 10.5 Å². The number of rotatable bonds is 7. The van der Waals surface area contributed by atoms with Crippen LogP contribution in [0.25, 0.3) is 0 Å². The molecule has 0 spiro atoms. The zero-order valence-corrected chi connectivity index (χ0v) is 19.6. The molecule has 29 heavy (non-hydrogen) atoms. The van der Waals surface area contributed by atoms with Crippen LogP contribution in [-0.2, 0) is 10.0 Å². The molecule has 0 radical (unpaired) electrons. The van der Waals surface area contributed by atoms with Gasteiger partial charge in [0, 0.05) is 18.0 Å². The molecule has 1 aromatic heterocycles. The van der Waals surface area contributed by atoms with E-state index < -0.39 is 10.0 Å². The zero-order chi connectivity index (χ0) is 20.9. The van der Waals surface area contributed by atoms with Crippen LogP contribution < -0.4 is 4.72 Å². The van der Waals surface area contributed by atoms with E-state index in [1.54, 1.807) is 6.07 Å². The van der Waals surface area contributed by atoms with Gasteiger partial charge in [-0.25, -0.2) is 8.42 Å². The van der Waals surface area contributed by atoms with E-state index in [1.165, 1.54) is 47.0 Å². The van der Waals surface area contributed by atoms with E-state index in [1.807, 2.05) is 18.1 Å². The van der Waals surface area contributed by atoms with Crippen molar-refractivity contribution in [3.63, 3.8) is 0 Å². The fourth-order valence-corrected chi connectivity index (χ4v) is 6.55. The molecule has 158 valence electrons. The molecule has 0 saturated carbocycles. The maximum Gasteiger partial charge on any atom is 0.263 e. The molecule has 7 nitrogen and oxygen atoms in total. The minimum absolute atomic E-state index is 0.0494. The predicted molar refractivity (Wildman–Crippen MR) is 120 cm³/mol. The Hall–Kier alpha value is -1.30. The van der Waals surface area contributed by atoms with Gasteiger partial charge in [-0.05, 0) is 43.0 Å². The first kappa shape index (κ1) is 22.4. The third kappa shape index (κ3) is 5.65. The predicted octanol–water partition coefficient (Wildman–Crippen LogP) is 4.19. The number of amides is 1. The Kier molecular flexibility index (Phi) is 7.83. The highest BCUT2D eigenvalue weighted by Gasteiger charge is 2.24. The fourth-order valence-electron chi connectivity index (χ4n) is 3.07. The quantitative estimate of drug-likeness (QED) is 0.604. The highest BCUT2D eigenvalue weighted by molar-refractivity contribution is 8.01. The summed E-state index contributed by atoms with van der Waals surface area (Å²) in [5.74, 6) is 0.727. The van der Waals surface area contributed by atoms with Gasteiger partial charge in [-0.15, -0.1) is 22.0 Å². The average Bonchev–Trinajstić information content (AvgIpc) is 2.97. The van der Waals surface area contributed by atoms with Crippen LogP contribution in [-0.4, -0.2) is 54.5 Å². The molecule has 1 aliphatic rings. The normalized spacial score (nSPS) is 15.2. The maximum atomic E-state index is 13.1. The Morgan fingerprint density at radius 2 is 1.93 bits per heavy atom. The third-order valence-corrected chi connectivity index (χ3v) is 8.62. The summed E-state index contributed by atoms with van der Waals surface area (Å²) in [5, 5.41) is 8.08. The fraction of sp³-hybridized carbons (Fsp3) is 0.500. The second-order valence-electron chi connectivity index (χ2n) is 6.48. The molecule has 1 N–H and O–H groups in total. The van der Waals surface area contributed by atoms with Crippen molar-refractivity contribution in [2.75, 3.05) is 29.8 Å². The van der Waals surface area contributed by atoms with E-state index in [0.29, 0.717) is 23.0 Å². The second kappa shape index (κ2) is 10.1. The van der Waals surface area contributed by atoms with Crippen LogP contribution in [0.4, 0.5) is 5.13 Å². The molecule has 2 heterocycles. The summed E-state index contributed by atoms with van der Waals surface area (Å²) in [7, 11) is -3.87. The van der Waals surface area contributed by atoms with Crippen LogP contribution in [0.3, 0.4) is 0 Å². The number of carbonyl (C=O) groups is 1. The van der Waals surface area contributed by atoms with E-state index >= 15 is 0 Å². The number of carbonyl (C=O) groups excluding carboxylic acids is 1. The lowest BCUT2D eigenvalue weighted by Crippen LogP contribution is -2.32. The van der Waals surface area contributed by atoms with Gasteiger partial charge in [0.25, 0.3) is 15.9 Å². The highest BCUT2D eigenvalue weighted by Crippen LogP contribution is 2.29. The van der Waals surface area contributed by atoms with Crippen molar-refractivity contribution in [1.29, 1.82) is 0 Å². The summed E-state index contributed by atoms with van der Waals surface area (Å²) in [5.41, 5.74) is 0.432. The summed E-state index contributed by atoms with van der Waals surface area (Å²) in [4.78, 5) is 15.8. The molecule has 11 heteroatoms. The van der Waals surface area contributed by atoms with Crippen LogP contribution in [0, 0.1) is 0 Å². The van der Waals surface area contributed by atoms with Gasteiger partial charge in [0.1, 0.15) is 0 Å². The third-order valence-electron chi connectivity index (χ3n) is 4.50. The van der Waals surface area contributed by atoms with Gasteiger partial charge >= 0.3 is 0 Å². The van der Waals surface area contributed by atoms with Crippen molar-refractivity contribution in [3.05, 3.63) is 23.8 Å². The van der Waals surface area contributed by atoms with E-state index in [-0.39, 0.29) is 15.9 Å². The lowest BCUT2D eigenvalue weighted by atomic mass is 10.2. The molecular weight excluding hydrogens is 448 g/mol. The Morgan fingerprint density at radius 1 is 1.21 bits per heavy atom. The molecule has 0 atom stereocenters. The highest BCUT2D eigenvalue weighted by atomic mass is 32.2. The molecule has 2 aromatic rings. The van der Waals surface area contributed by atoms with E-state index in [2.05, 4.69) is 14.9 Å². The minimum atomic E-state index is -3.87. The van der Waals surface area contributed by atoms with Crippen LogP contribution in [0.15, 0.2) is 32.3 Å². The number of anilines is 1. The van der Waals surface area contributed by atoms with Crippen LogP contribution in [0.1, 0.15) is 43.0 Å². The molecule has 1 aromatic carbocycles. The zero-order valence-electron chi connectivity index (χ0n) is 16.4. The molecule has 1 fully saturated rings. The first-order chi connectivity index (χ1) is 13.9. The number of benzene rings is 1. The second-order valence-corrected chi connectivity index (χ2v) is 11.5. The number of sulfonamides is 1. The molecule has 0 unspecified atom stereocenters. The van der Waals surface area contributed by atoms with Gasteiger partial charge in [0.15, 0.2) is 4.34 Å². The first-order valence-electron chi connectivity index (χ1n) is 9.41. The van der Waals surface area contributed by atoms with Gasteiger partial charge in [-0.1, -0.05) is 42.9 Å². The summed E-state index contributed by atoms with van der Waals surface area (Å²) in [6.07, 6.45) is 6.09. The van der Waals surface area contributed by atoms with E-state index in [9.17, 15) is 13.2 Å². The van der Waals surface area contributed by atoms with Crippen LogP contribution in [0.5, 0.6) is 0 Å². The number of aromatic nitrogens is 2. The van der Waals surface area contributed by atoms with Crippen molar-refractivity contribution < 1.29 is 13.2 Å². The van der Waals surface area contributed by atoms with E-state index in [0.717, 1.165) is 36.3 Å². The van der Waals surface area contributed by atoms with Crippen LogP contribution in [0.2, 0.25) is 0 Å². The standard InChI is InChI=1S/C18H24N4O3S4/c1-3-27-18-20-19-17(28-18)21-29(24,25)13-8-9-15(26-2)14(12-13)16(23)22-10-6-4-5-7-11-22/h8-9,12H,3-7,10-11H2,1-2H3,(H,19,21). The minimum Gasteiger partial charge on any atom is -0.339 e. The van der Waals surface area contributed by atoms with Crippen molar-refractivity contribution in [2.45, 2.75) is 46.7 Å². The molecule has 1 saturated heterocycles. The smallest absolute Gasteiger partial charge is 0.263 e. The number of nitrogens with one attached hydrogen (secondary N) is 1. The Morgan fingerprint density at radius 3 is 2.59 bits per heavy atom. The molecule has 0 aliphatic carbocycles. The van der Waals surface area contributed by atoms with Gasteiger partial charge < -0.3 is 4.90 Å². The number of thioether (sulfide) groups is 2. The van der Waals surface area contributed by atoms with Gasteiger partial charge in [-0.2, -0.15) is 0 Å². The molecule has 1 aliphatic heterocycles. The first-order valence-corrected chi connectivity index (χ1v) is 13.9. The van der Waals surface area contributed by atoms with E-state index in [4.69, 9.17) is 0 Å². The van der Waals surface area contributed by atoms with Crippen molar-refractivity contribution >= 4 is 55.9 Å². The number of nitrogens with zero attached hydrogens (tertiary/aromatic N) is 3. The SMILES string of the molecule is CCSc1nnc(NS(=O)(=O)c2ccc(SC)c(C(=O)N3CCCCCC3)c2)s1. The maximum absolute atomic E-state index is 13.1. The summed E-state index contributed by atoms with van der Waals surface area (Å²) < 4.78 is 28.9. The van der Waals surface area contributed by atoms with Crippen molar-refractivity contribution in [1.82, 2.24) is 15.1 Å². The molecule has 3 rings (SSSR count). The number of likely N-dealkylation sites (tertiary alicyclic amines) is 1. The summed E-state index contributed by atoms with van der Waals surface area (Å²) >= 11 is 4.14. The topological polar surface area (TPSA) is 92.3 Å². The van der Waals surface area contributed by atoms with Crippen molar-refractivity contribution in [2.24, 2.45) is 0 Å². The lowest BCUT2D eigenvalue weighted by molar-refractivity contribution is 0.0758. The average molecular weight is 473 g/mol. The monoisotopic (exact) mass is 472 g/mol. The number of hydrogen-bond donors (Lipinski definition) is 1. The van der Waals surface area contributed by atoms with Gasteiger partial charge in [-0.3, -0.25) is 9.52 Å². The Labute approximate surface area is 184 Å². The van der Waals surface area contributed by atoms with Gasteiger partial charge in [0.2, 0.25) is 5.13 Å². The number of hydrogen-bond acceptors (Lipinski definition) is 8. The molecule has 0 bridgehead atoms. The molecular formula is C18H24N4O3S4. The Balaban J connectivity index is 1.87. The lowest BCUT2D eigenvalue weighted by Gasteiger charge is -2.22. The van der Waals surface area contributed by atoms with Crippen LogP contribution >= 0.6 is 34.9 Å². The van der Waals surface area contributed by atoms with Crippen molar-refractivity contribution in [3.8, 4) is 0 Å².